The second-order valence-corrected chi connectivity index (χ2v) is 2.34. The molecule has 0 saturated carbocycles. The van der Waals surface area contributed by atoms with Gasteiger partial charge in [-0.25, -0.2) is 13.9 Å². The highest BCUT2D eigenvalue weighted by Crippen LogP contribution is 1.91. The fourth-order valence-corrected chi connectivity index (χ4v) is 0.889. The van der Waals surface area contributed by atoms with Gasteiger partial charge in [0.15, 0.2) is 5.82 Å². The molecule has 0 unspecified atom stereocenters. The van der Waals surface area contributed by atoms with Gasteiger partial charge in [-0.15, -0.1) is 0 Å². The monoisotopic (exact) mass is 175 g/mol. The van der Waals surface area contributed by atoms with Crippen molar-refractivity contribution < 1.29 is 9.50 Å². The highest BCUT2D eigenvalue weighted by atomic mass is 19.1. The first kappa shape index (κ1) is 8.92. The van der Waals surface area contributed by atoms with Crippen molar-refractivity contribution in [3.05, 3.63) is 16.3 Å². The van der Waals surface area contributed by atoms with E-state index in [4.69, 9.17) is 5.11 Å². The quantitative estimate of drug-likeness (QED) is 0.644. The molecule has 0 radical (unpaired) electrons. The lowest BCUT2D eigenvalue weighted by Gasteiger charge is -1.91. The van der Waals surface area contributed by atoms with Gasteiger partial charge >= 0.3 is 5.69 Å². The van der Waals surface area contributed by atoms with E-state index in [1.807, 2.05) is 0 Å². The van der Waals surface area contributed by atoms with Crippen molar-refractivity contribution in [3.8, 4) is 0 Å². The van der Waals surface area contributed by atoms with E-state index in [9.17, 15) is 9.18 Å². The number of nitrogens with zero attached hydrogens (tertiary/aromatic N) is 3. The SMILES string of the molecule is Cn1c(CF)nn(CCO)c1=O. The molecular weight excluding hydrogens is 165 g/mol. The molecule has 0 saturated heterocycles. The Morgan fingerprint density at radius 1 is 1.67 bits per heavy atom. The minimum atomic E-state index is -0.774. The maximum Gasteiger partial charge on any atom is 0.345 e. The lowest BCUT2D eigenvalue weighted by atomic mass is 10.7. The molecule has 12 heavy (non-hydrogen) atoms. The van der Waals surface area contributed by atoms with Gasteiger partial charge in [-0.3, -0.25) is 4.57 Å². The van der Waals surface area contributed by atoms with Gasteiger partial charge in [0.1, 0.15) is 6.67 Å². The summed E-state index contributed by atoms with van der Waals surface area (Å²) >= 11 is 0. The van der Waals surface area contributed by atoms with E-state index < -0.39 is 12.4 Å². The van der Waals surface area contributed by atoms with Crippen LogP contribution < -0.4 is 5.69 Å². The summed E-state index contributed by atoms with van der Waals surface area (Å²) in [6.45, 7) is -0.848. The second kappa shape index (κ2) is 3.48. The predicted molar refractivity (Wildman–Crippen MR) is 39.4 cm³/mol. The first-order valence-corrected chi connectivity index (χ1v) is 3.50. The summed E-state index contributed by atoms with van der Waals surface area (Å²) in [5, 5.41) is 12.2. The van der Waals surface area contributed by atoms with Crippen molar-refractivity contribution in [3.63, 3.8) is 0 Å². The molecule has 5 nitrogen and oxygen atoms in total. The van der Waals surface area contributed by atoms with Crippen LogP contribution in [0, 0.1) is 0 Å². The number of aliphatic hydroxyl groups excluding tert-OH is 1. The minimum absolute atomic E-state index is 0.0773. The number of rotatable bonds is 3. The molecule has 0 aliphatic heterocycles. The first-order valence-electron chi connectivity index (χ1n) is 3.50. The summed E-state index contributed by atoms with van der Waals surface area (Å²) in [7, 11) is 1.44. The molecule has 1 heterocycles. The maximum atomic E-state index is 12.1. The Morgan fingerprint density at radius 2 is 2.33 bits per heavy atom. The third-order valence-corrected chi connectivity index (χ3v) is 1.56. The van der Waals surface area contributed by atoms with Crippen molar-refractivity contribution in [1.82, 2.24) is 14.3 Å². The van der Waals surface area contributed by atoms with Crippen LogP contribution >= 0.6 is 0 Å². The van der Waals surface area contributed by atoms with Crippen LogP contribution in [0.2, 0.25) is 0 Å². The van der Waals surface area contributed by atoms with E-state index in [1.54, 1.807) is 0 Å². The molecule has 1 aromatic rings. The summed E-state index contributed by atoms with van der Waals surface area (Å²) in [6, 6.07) is 0. The highest BCUT2D eigenvalue weighted by molar-refractivity contribution is 4.83. The van der Waals surface area contributed by atoms with Gasteiger partial charge in [0.05, 0.1) is 13.2 Å². The fraction of sp³-hybridized carbons (Fsp3) is 0.667. The van der Waals surface area contributed by atoms with Crippen LogP contribution in [-0.2, 0) is 20.3 Å². The van der Waals surface area contributed by atoms with Crippen LogP contribution in [0.3, 0.4) is 0 Å². The average molecular weight is 175 g/mol. The molecule has 0 aliphatic carbocycles. The van der Waals surface area contributed by atoms with Crippen LogP contribution in [0.25, 0.3) is 0 Å². The summed E-state index contributed by atoms with van der Waals surface area (Å²) in [6.07, 6.45) is 0. The average Bonchev–Trinajstić information content (AvgIpc) is 2.33. The molecule has 0 bridgehead atoms. The topological polar surface area (TPSA) is 60.1 Å². The van der Waals surface area contributed by atoms with Crippen LogP contribution in [0.15, 0.2) is 4.79 Å². The molecular formula is C6H10FN3O2. The smallest absolute Gasteiger partial charge is 0.345 e. The zero-order valence-electron chi connectivity index (χ0n) is 6.70. The van der Waals surface area contributed by atoms with Gasteiger partial charge in [-0.2, -0.15) is 5.10 Å². The van der Waals surface area contributed by atoms with E-state index in [-0.39, 0.29) is 19.0 Å². The van der Waals surface area contributed by atoms with Gasteiger partial charge in [0.2, 0.25) is 0 Å². The summed E-state index contributed by atoms with van der Waals surface area (Å²) in [5.41, 5.74) is -0.406. The summed E-state index contributed by atoms with van der Waals surface area (Å²) < 4.78 is 14.3. The molecule has 1 N–H and O–H groups in total. The fourth-order valence-electron chi connectivity index (χ4n) is 0.889. The minimum Gasteiger partial charge on any atom is -0.394 e. The van der Waals surface area contributed by atoms with Crippen LogP contribution in [0.5, 0.6) is 0 Å². The van der Waals surface area contributed by atoms with E-state index in [0.717, 1.165) is 9.25 Å². The predicted octanol–water partition coefficient (Wildman–Crippen LogP) is -0.956. The third-order valence-electron chi connectivity index (χ3n) is 1.56. The van der Waals surface area contributed by atoms with Crippen molar-refractivity contribution >= 4 is 0 Å². The largest absolute Gasteiger partial charge is 0.394 e. The Bertz CT molecular complexity index is 317. The number of aliphatic hydroxyl groups is 1. The van der Waals surface area contributed by atoms with Gasteiger partial charge < -0.3 is 5.11 Å². The Balaban J connectivity index is 3.07. The Morgan fingerprint density at radius 3 is 2.75 bits per heavy atom. The van der Waals surface area contributed by atoms with E-state index in [2.05, 4.69) is 5.10 Å². The Kier molecular flexibility index (Phi) is 2.59. The third kappa shape index (κ3) is 1.38. The first-order chi connectivity index (χ1) is 5.70. The molecule has 6 heteroatoms. The molecule has 0 aromatic carbocycles. The van der Waals surface area contributed by atoms with Gasteiger partial charge in [0.25, 0.3) is 0 Å². The number of aromatic nitrogens is 3. The lowest BCUT2D eigenvalue weighted by molar-refractivity contribution is 0.266. The van der Waals surface area contributed by atoms with Gasteiger partial charge in [-0.1, -0.05) is 0 Å². The molecule has 0 amide bonds. The maximum absolute atomic E-state index is 12.1. The summed E-state index contributed by atoms with van der Waals surface area (Å²) in [5.74, 6) is 0.0773. The van der Waals surface area contributed by atoms with Gasteiger partial charge in [0, 0.05) is 7.05 Å². The summed E-state index contributed by atoms with van der Waals surface area (Å²) in [4.78, 5) is 11.1. The molecule has 0 aliphatic rings. The van der Waals surface area contributed by atoms with Crippen molar-refractivity contribution in [2.45, 2.75) is 13.2 Å². The van der Waals surface area contributed by atoms with E-state index in [1.165, 1.54) is 7.05 Å². The van der Waals surface area contributed by atoms with Crippen LogP contribution in [0.1, 0.15) is 5.82 Å². The van der Waals surface area contributed by atoms with E-state index in [0.29, 0.717) is 0 Å². The van der Waals surface area contributed by atoms with Crippen molar-refractivity contribution in [1.29, 1.82) is 0 Å². The Labute approximate surface area is 68.0 Å². The normalized spacial score (nSPS) is 10.6. The molecule has 1 rings (SSSR count). The molecule has 0 fully saturated rings. The standard InChI is InChI=1S/C6H10FN3O2/c1-9-5(4-7)8-10(2-3-11)6(9)12/h11H,2-4H2,1H3. The second-order valence-electron chi connectivity index (χ2n) is 2.34. The number of alkyl halides is 1. The lowest BCUT2D eigenvalue weighted by Crippen LogP contribution is -2.24. The van der Waals surface area contributed by atoms with Crippen LogP contribution in [-0.4, -0.2) is 26.1 Å². The van der Waals surface area contributed by atoms with Crippen LogP contribution in [0.4, 0.5) is 4.39 Å². The number of hydrogen-bond donors (Lipinski definition) is 1. The van der Waals surface area contributed by atoms with Gasteiger partial charge in [-0.05, 0) is 0 Å². The Hall–Kier alpha value is -1.17. The zero-order valence-corrected chi connectivity index (χ0v) is 6.70. The molecule has 0 atom stereocenters. The molecule has 68 valence electrons. The zero-order chi connectivity index (χ0) is 9.14. The molecule has 1 aromatic heterocycles. The molecule has 0 spiro atoms. The number of hydrogen-bond acceptors (Lipinski definition) is 3. The van der Waals surface area contributed by atoms with Crippen molar-refractivity contribution in [2.75, 3.05) is 6.61 Å². The van der Waals surface area contributed by atoms with Crippen molar-refractivity contribution in [2.24, 2.45) is 7.05 Å². The van der Waals surface area contributed by atoms with E-state index >= 15 is 0 Å². The number of halogens is 1. The highest BCUT2D eigenvalue weighted by Gasteiger charge is 2.07.